The van der Waals surface area contributed by atoms with Crippen LogP contribution in [0.4, 0.5) is 0 Å². The molecule has 1 aromatic heterocycles. The molecule has 0 aliphatic rings. The first-order valence-corrected chi connectivity index (χ1v) is 9.35. The molecule has 0 fully saturated rings. The minimum absolute atomic E-state index is 0.0571. The van der Waals surface area contributed by atoms with E-state index in [4.69, 9.17) is 21.0 Å². The number of carboxylic acids is 1. The second kappa shape index (κ2) is 10.3. The highest BCUT2D eigenvalue weighted by atomic mass is 16.4. The molecular formula is C21H24N2O8. The van der Waals surface area contributed by atoms with Crippen LogP contribution in [0.25, 0.3) is 22.3 Å². The van der Waals surface area contributed by atoms with Crippen molar-refractivity contribution in [3.05, 3.63) is 46.6 Å². The molecule has 166 valence electrons. The van der Waals surface area contributed by atoms with Crippen LogP contribution < -0.4 is 16.9 Å². The Balaban J connectivity index is 0.000000291. The molecule has 2 aromatic carbocycles. The smallest absolute Gasteiger partial charge is 0.320 e. The fourth-order valence-corrected chi connectivity index (χ4v) is 2.68. The summed E-state index contributed by atoms with van der Waals surface area (Å²) in [5.41, 5.74) is 10.3. The Bertz CT molecular complexity index is 1110. The summed E-state index contributed by atoms with van der Waals surface area (Å²) in [7, 11) is 0. The monoisotopic (exact) mass is 432 g/mol. The third-order valence-corrected chi connectivity index (χ3v) is 4.38. The highest BCUT2D eigenvalue weighted by Crippen LogP contribution is 2.40. The van der Waals surface area contributed by atoms with Crippen molar-refractivity contribution < 1.29 is 34.7 Å². The van der Waals surface area contributed by atoms with Crippen molar-refractivity contribution in [3.63, 3.8) is 0 Å². The summed E-state index contributed by atoms with van der Waals surface area (Å²) in [6.45, 7) is 0.604. The van der Waals surface area contributed by atoms with Gasteiger partial charge < -0.3 is 41.4 Å². The summed E-state index contributed by atoms with van der Waals surface area (Å²) in [4.78, 5) is 22.2. The van der Waals surface area contributed by atoms with Gasteiger partial charge in [-0.05, 0) is 43.7 Å². The zero-order valence-corrected chi connectivity index (χ0v) is 16.5. The number of benzene rings is 2. The fraction of sp³-hybridized carbons (Fsp3) is 0.238. The normalized spacial score (nSPS) is 11.5. The predicted octanol–water partition coefficient (Wildman–Crippen LogP) is 1.81. The van der Waals surface area contributed by atoms with Crippen LogP contribution in [0.5, 0.6) is 23.0 Å². The largest absolute Gasteiger partial charge is 0.508 e. The summed E-state index contributed by atoms with van der Waals surface area (Å²) in [6, 6.07) is 7.47. The highest BCUT2D eigenvalue weighted by Gasteiger charge is 2.17. The lowest BCUT2D eigenvalue weighted by molar-refractivity contribution is -0.138. The molecule has 10 nitrogen and oxygen atoms in total. The van der Waals surface area contributed by atoms with Gasteiger partial charge in [-0.15, -0.1) is 0 Å². The molecule has 0 saturated carbocycles. The number of nitrogens with two attached hydrogens (primary N) is 2. The summed E-state index contributed by atoms with van der Waals surface area (Å²) >= 11 is 0. The number of carbonyl (C=O) groups is 1. The molecule has 0 aliphatic carbocycles. The highest BCUT2D eigenvalue weighted by molar-refractivity contribution is 5.89. The van der Waals surface area contributed by atoms with Gasteiger partial charge in [-0.3, -0.25) is 9.59 Å². The zero-order valence-electron chi connectivity index (χ0n) is 16.5. The van der Waals surface area contributed by atoms with E-state index in [0.717, 1.165) is 25.0 Å². The van der Waals surface area contributed by atoms with Gasteiger partial charge >= 0.3 is 5.97 Å². The first-order valence-electron chi connectivity index (χ1n) is 9.35. The van der Waals surface area contributed by atoms with Gasteiger partial charge in [0.15, 0.2) is 16.9 Å². The lowest BCUT2D eigenvalue weighted by Gasteiger charge is -2.07. The maximum absolute atomic E-state index is 12.1. The molecule has 1 atom stereocenters. The molecule has 10 heteroatoms. The van der Waals surface area contributed by atoms with Crippen molar-refractivity contribution in [2.24, 2.45) is 11.5 Å². The van der Waals surface area contributed by atoms with E-state index in [2.05, 4.69) is 0 Å². The Morgan fingerprint density at radius 3 is 2.23 bits per heavy atom. The number of unbranched alkanes of at least 4 members (excludes halogenated alkanes) is 1. The number of carboxylic acid groups (broad SMARTS) is 1. The lowest BCUT2D eigenvalue weighted by atomic mass is 10.1. The van der Waals surface area contributed by atoms with Crippen molar-refractivity contribution in [2.75, 3.05) is 6.54 Å². The Hall–Kier alpha value is -3.76. The molecule has 1 unspecified atom stereocenters. The maximum atomic E-state index is 12.1. The van der Waals surface area contributed by atoms with Crippen LogP contribution in [-0.2, 0) is 4.79 Å². The van der Waals surface area contributed by atoms with E-state index >= 15 is 0 Å². The van der Waals surface area contributed by atoms with Crippen LogP contribution in [0, 0.1) is 0 Å². The lowest BCUT2D eigenvalue weighted by Crippen LogP contribution is -2.29. The number of aromatic hydroxyl groups is 4. The van der Waals surface area contributed by atoms with Crippen LogP contribution in [0.3, 0.4) is 0 Å². The van der Waals surface area contributed by atoms with E-state index in [-0.39, 0.29) is 22.5 Å². The second-order valence-electron chi connectivity index (χ2n) is 6.72. The van der Waals surface area contributed by atoms with E-state index in [0.29, 0.717) is 18.5 Å². The number of hydrogen-bond acceptors (Lipinski definition) is 9. The van der Waals surface area contributed by atoms with E-state index in [9.17, 15) is 30.0 Å². The number of aliphatic carboxylic acids is 1. The van der Waals surface area contributed by atoms with Crippen LogP contribution in [0.1, 0.15) is 19.3 Å². The molecule has 0 bridgehead atoms. The van der Waals surface area contributed by atoms with Gasteiger partial charge in [0.2, 0.25) is 5.75 Å². The zero-order chi connectivity index (χ0) is 23.1. The van der Waals surface area contributed by atoms with Crippen molar-refractivity contribution in [1.82, 2.24) is 0 Å². The van der Waals surface area contributed by atoms with Crippen LogP contribution >= 0.6 is 0 Å². The number of hydrogen-bond donors (Lipinski definition) is 7. The Morgan fingerprint density at radius 1 is 1.00 bits per heavy atom. The van der Waals surface area contributed by atoms with E-state index in [1.165, 1.54) is 12.1 Å². The minimum atomic E-state index is -0.933. The number of rotatable bonds is 6. The van der Waals surface area contributed by atoms with Crippen molar-refractivity contribution in [2.45, 2.75) is 25.3 Å². The van der Waals surface area contributed by atoms with Gasteiger partial charge in [0.05, 0.1) is 0 Å². The van der Waals surface area contributed by atoms with E-state index in [1.807, 2.05) is 0 Å². The average Bonchev–Trinajstić information content (AvgIpc) is 2.72. The summed E-state index contributed by atoms with van der Waals surface area (Å²) < 4.78 is 5.47. The summed E-state index contributed by atoms with van der Waals surface area (Å²) in [5.74, 6) is -2.75. The molecule has 0 saturated heterocycles. The third kappa shape index (κ3) is 5.87. The standard InChI is InChI=1S/C15H10O6.C6H14N2O2/c16-8-3-1-7(2-4-8)11-5-9(17)13-12(21-11)6-10(18)14(19)15(13)20;7-4-2-1-3-5(8)6(9)10/h1-6,16,18-20H;5H,1-4,7-8H2,(H,9,10). The average molecular weight is 432 g/mol. The number of phenols is 4. The number of fused-ring (bicyclic) bond motifs is 1. The molecule has 0 aliphatic heterocycles. The summed E-state index contributed by atoms with van der Waals surface area (Å²) in [6.07, 6.45) is 2.16. The minimum Gasteiger partial charge on any atom is -0.508 e. The molecule has 3 aromatic rings. The first-order chi connectivity index (χ1) is 14.6. The van der Waals surface area contributed by atoms with Crippen molar-refractivity contribution >= 4 is 16.9 Å². The van der Waals surface area contributed by atoms with E-state index in [1.54, 1.807) is 12.1 Å². The van der Waals surface area contributed by atoms with E-state index < -0.39 is 34.7 Å². The third-order valence-electron chi connectivity index (χ3n) is 4.38. The molecule has 1 heterocycles. The van der Waals surface area contributed by atoms with Crippen molar-refractivity contribution in [1.29, 1.82) is 0 Å². The second-order valence-corrected chi connectivity index (χ2v) is 6.72. The van der Waals surface area contributed by atoms with Gasteiger partial charge in [0, 0.05) is 17.7 Å². The molecule has 0 amide bonds. The quantitative estimate of drug-likeness (QED) is 0.222. The van der Waals surface area contributed by atoms with Gasteiger partial charge in [-0.1, -0.05) is 6.42 Å². The molecular weight excluding hydrogens is 408 g/mol. The summed E-state index contributed by atoms with van der Waals surface area (Å²) in [5, 5.41) is 46.0. The Kier molecular flexibility index (Phi) is 7.83. The van der Waals surface area contributed by atoms with Gasteiger partial charge in [-0.2, -0.15) is 0 Å². The fourth-order valence-electron chi connectivity index (χ4n) is 2.68. The number of phenolic OH excluding ortho intramolecular Hbond substituents is 4. The topological polar surface area (TPSA) is 200 Å². The first kappa shape index (κ1) is 23.5. The van der Waals surface area contributed by atoms with Crippen LogP contribution in [-0.4, -0.2) is 44.1 Å². The molecule has 0 radical (unpaired) electrons. The molecule has 31 heavy (non-hydrogen) atoms. The van der Waals surface area contributed by atoms with Gasteiger partial charge in [0.25, 0.3) is 0 Å². The Labute approximate surface area is 176 Å². The maximum Gasteiger partial charge on any atom is 0.320 e. The van der Waals surface area contributed by atoms with Gasteiger partial charge in [-0.25, -0.2) is 0 Å². The van der Waals surface area contributed by atoms with Crippen LogP contribution in [0.15, 0.2) is 45.6 Å². The van der Waals surface area contributed by atoms with Crippen LogP contribution in [0.2, 0.25) is 0 Å². The Morgan fingerprint density at radius 2 is 1.65 bits per heavy atom. The SMILES string of the molecule is NCCCCC(N)C(=O)O.O=c1cc(-c2ccc(O)cc2)oc2cc(O)c(O)c(O)c12. The molecule has 0 spiro atoms. The van der Waals surface area contributed by atoms with Gasteiger partial charge in [0.1, 0.15) is 28.5 Å². The van der Waals surface area contributed by atoms with Crippen molar-refractivity contribution in [3.8, 4) is 34.3 Å². The predicted molar refractivity (Wildman–Crippen MR) is 113 cm³/mol. The molecule has 9 N–H and O–H groups in total. The molecule has 3 rings (SSSR count).